The van der Waals surface area contributed by atoms with Crippen molar-refractivity contribution >= 4 is 5.69 Å². The molecule has 6 heteroatoms. The highest BCUT2D eigenvalue weighted by Gasteiger charge is 2.06. The van der Waals surface area contributed by atoms with Crippen molar-refractivity contribution in [1.29, 1.82) is 5.26 Å². The zero-order valence-electron chi connectivity index (χ0n) is 12.8. The van der Waals surface area contributed by atoms with Crippen LogP contribution in [0.25, 0.3) is 4.85 Å². The van der Waals surface area contributed by atoms with E-state index >= 15 is 0 Å². The van der Waals surface area contributed by atoms with E-state index in [0.29, 0.717) is 22.6 Å². The maximum Gasteiger partial charge on any atom is 0.196 e. The second-order valence-electron chi connectivity index (χ2n) is 4.57. The standard InChI is InChI=1S/C9H8FNO.C8H6FNO/c1-6-8(11-2)4-7(10)5-9(6)12-3;1-5-6(4-10)2-7(9)3-8(5)11/h4-5H,1,3H3;2-3,11H,1H3. The normalized spacial score (nSPS) is 9.17. The van der Waals surface area contributed by atoms with E-state index in [9.17, 15) is 8.78 Å². The van der Waals surface area contributed by atoms with Crippen molar-refractivity contribution in [3.05, 3.63) is 64.0 Å². The lowest BCUT2D eigenvalue weighted by atomic mass is 10.1. The zero-order valence-corrected chi connectivity index (χ0v) is 12.8. The predicted octanol–water partition coefficient (Wildman–Crippen LogP) is 4.40. The molecule has 0 amide bonds. The van der Waals surface area contributed by atoms with E-state index in [4.69, 9.17) is 21.7 Å². The largest absolute Gasteiger partial charge is 0.508 e. The van der Waals surface area contributed by atoms with Gasteiger partial charge in [0.1, 0.15) is 23.1 Å². The molecule has 0 bridgehead atoms. The number of phenolic OH excluding ortho intramolecular Hbond substituents is 1. The molecule has 0 saturated heterocycles. The van der Waals surface area contributed by atoms with Gasteiger partial charge < -0.3 is 9.84 Å². The molecule has 2 aromatic carbocycles. The van der Waals surface area contributed by atoms with Gasteiger partial charge in [-0.05, 0) is 31.5 Å². The van der Waals surface area contributed by atoms with Gasteiger partial charge in [-0.15, -0.1) is 0 Å². The van der Waals surface area contributed by atoms with Crippen LogP contribution in [0.2, 0.25) is 0 Å². The highest BCUT2D eigenvalue weighted by atomic mass is 19.1. The molecule has 0 atom stereocenters. The zero-order chi connectivity index (χ0) is 17.6. The van der Waals surface area contributed by atoms with Crippen LogP contribution in [-0.2, 0) is 0 Å². The first-order valence-corrected chi connectivity index (χ1v) is 6.44. The summed E-state index contributed by atoms with van der Waals surface area (Å²) in [5.41, 5.74) is 1.55. The van der Waals surface area contributed by atoms with Crippen LogP contribution in [0.4, 0.5) is 14.5 Å². The Balaban J connectivity index is 0.000000231. The fourth-order valence-corrected chi connectivity index (χ4v) is 1.75. The van der Waals surface area contributed by atoms with Gasteiger partial charge in [0.2, 0.25) is 0 Å². The number of aromatic hydroxyl groups is 1. The molecule has 1 N–H and O–H groups in total. The summed E-state index contributed by atoms with van der Waals surface area (Å²) in [5.74, 6) is -0.796. The van der Waals surface area contributed by atoms with E-state index in [1.165, 1.54) is 19.2 Å². The summed E-state index contributed by atoms with van der Waals surface area (Å²) in [6.45, 7) is 10.0. The van der Waals surface area contributed by atoms with Crippen molar-refractivity contribution in [2.45, 2.75) is 13.8 Å². The van der Waals surface area contributed by atoms with Crippen molar-refractivity contribution in [2.75, 3.05) is 7.11 Å². The number of nitriles is 1. The number of hydrogen-bond acceptors (Lipinski definition) is 3. The van der Waals surface area contributed by atoms with Crippen molar-refractivity contribution in [1.82, 2.24) is 0 Å². The second kappa shape index (κ2) is 7.77. The first-order valence-electron chi connectivity index (χ1n) is 6.44. The highest BCUT2D eigenvalue weighted by molar-refractivity contribution is 5.57. The van der Waals surface area contributed by atoms with Crippen molar-refractivity contribution < 1.29 is 18.6 Å². The Bertz CT molecular complexity index is 806. The lowest BCUT2D eigenvalue weighted by Gasteiger charge is -2.05. The van der Waals surface area contributed by atoms with E-state index in [0.717, 1.165) is 12.1 Å². The average molecular weight is 316 g/mol. The van der Waals surface area contributed by atoms with E-state index in [-0.39, 0.29) is 11.3 Å². The molecule has 0 aromatic heterocycles. The highest BCUT2D eigenvalue weighted by Crippen LogP contribution is 2.28. The number of ether oxygens (including phenoxy) is 1. The van der Waals surface area contributed by atoms with Gasteiger partial charge in [-0.1, -0.05) is 0 Å². The molecular formula is C17H14F2N2O2. The summed E-state index contributed by atoms with van der Waals surface area (Å²) >= 11 is 0. The van der Waals surface area contributed by atoms with Gasteiger partial charge in [-0.2, -0.15) is 5.26 Å². The molecule has 0 unspecified atom stereocenters. The Morgan fingerprint density at radius 3 is 2.26 bits per heavy atom. The first-order chi connectivity index (χ1) is 10.8. The number of hydrogen-bond donors (Lipinski definition) is 1. The fourth-order valence-electron chi connectivity index (χ4n) is 1.75. The van der Waals surface area contributed by atoms with Gasteiger partial charge in [0, 0.05) is 17.7 Å². The third kappa shape index (κ3) is 4.42. The van der Waals surface area contributed by atoms with E-state index in [1.54, 1.807) is 19.9 Å². The summed E-state index contributed by atoms with van der Waals surface area (Å²) in [6.07, 6.45) is 0. The quantitative estimate of drug-likeness (QED) is 0.793. The molecule has 2 aromatic rings. The van der Waals surface area contributed by atoms with Gasteiger partial charge >= 0.3 is 0 Å². The van der Waals surface area contributed by atoms with Crippen LogP contribution in [0.1, 0.15) is 16.7 Å². The van der Waals surface area contributed by atoms with Gasteiger partial charge in [-0.25, -0.2) is 13.6 Å². The number of benzene rings is 2. The maximum atomic E-state index is 12.8. The molecule has 4 nitrogen and oxygen atoms in total. The maximum absolute atomic E-state index is 12.8. The van der Waals surface area contributed by atoms with Crippen LogP contribution >= 0.6 is 0 Å². The first kappa shape index (κ1) is 17.9. The van der Waals surface area contributed by atoms with Crippen molar-refractivity contribution in [2.24, 2.45) is 0 Å². The minimum absolute atomic E-state index is 0.169. The number of halogens is 2. The Morgan fingerprint density at radius 2 is 1.74 bits per heavy atom. The third-order valence-electron chi connectivity index (χ3n) is 3.10. The molecule has 0 aliphatic carbocycles. The molecule has 0 heterocycles. The Morgan fingerprint density at radius 1 is 1.13 bits per heavy atom. The van der Waals surface area contributed by atoms with E-state index < -0.39 is 11.6 Å². The molecule has 0 aliphatic heterocycles. The summed E-state index contributed by atoms with van der Waals surface area (Å²) in [7, 11) is 1.45. The monoisotopic (exact) mass is 316 g/mol. The molecule has 118 valence electrons. The van der Waals surface area contributed by atoms with Gasteiger partial charge in [0.25, 0.3) is 0 Å². The summed E-state index contributed by atoms with van der Waals surface area (Å²) in [6, 6.07) is 6.32. The topological polar surface area (TPSA) is 57.6 Å². The molecule has 23 heavy (non-hydrogen) atoms. The van der Waals surface area contributed by atoms with Crippen molar-refractivity contribution in [3.63, 3.8) is 0 Å². The Labute approximate surface area is 133 Å². The van der Waals surface area contributed by atoms with Crippen LogP contribution in [0.3, 0.4) is 0 Å². The Hall–Kier alpha value is -3.12. The van der Waals surface area contributed by atoms with Crippen molar-refractivity contribution in [3.8, 4) is 17.6 Å². The molecule has 0 spiro atoms. The van der Waals surface area contributed by atoms with Crippen LogP contribution in [0.15, 0.2) is 24.3 Å². The smallest absolute Gasteiger partial charge is 0.196 e. The number of nitrogens with zero attached hydrogens (tertiary/aromatic N) is 2. The number of rotatable bonds is 1. The minimum atomic E-state index is -0.593. The van der Waals surface area contributed by atoms with Crippen LogP contribution in [0.5, 0.6) is 11.5 Å². The fraction of sp³-hybridized carbons (Fsp3) is 0.176. The van der Waals surface area contributed by atoms with E-state index in [2.05, 4.69) is 4.85 Å². The van der Waals surface area contributed by atoms with Crippen LogP contribution < -0.4 is 4.74 Å². The SMILES string of the molecule is Cc1c(O)cc(F)cc1C#N.[C-]#[N+]c1cc(F)cc(OC)c1C. The minimum Gasteiger partial charge on any atom is -0.508 e. The van der Waals surface area contributed by atoms with Crippen LogP contribution in [0, 0.1) is 43.4 Å². The lowest BCUT2D eigenvalue weighted by Crippen LogP contribution is -1.88. The van der Waals surface area contributed by atoms with E-state index in [1.807, 2.05) is 0 Å². The Kier molecular flexibility index (Phi) is 6.05. The molecule has 2 rings (SSSR count). The second-order valence-corrected chi connectivity index (χ2v) is 4.57. The third-order valence-corrected chi connectivity index (χ3v) is 3.10. The number of phenols is 1. The average Bonchev–Trinajstić information content (AvgIpc) is 2.53. The van der Waals surface area contributed by atoms with Gasteiger partial charge in [0.05, 0.1) is 25.3 Å². The summed E-state index contributed by atoms with van der Waals surface area (Å²) in [5, 5.41) is 17.5. The molecule has 0 fully saturated rings. The summed E-state index contributed by atoms with van der Waals surface area (Å²) in [4.78, 5) is 3.17. The lowest BCUT2D eigenvalue weighted by molar-refractivity contribution is 0.408. The summed E-state index contributed by atoms with van der Waals surface area (Å²) < 4.78 is 30.1. The molecule has 0 aliphatic rings. The van der Waals surface area contributed by atoms with Gasteiger partial charge in [0.15, 0.2) is 5.69 Å². The van der Waals surface area contributed by atoms with Crippen LogP contribution in [-0.4, -0.2) is 12.2 Å². The predicted molar refractivity (Wildman–Crippen MR) is 81.5 cm³/mol. The molecular weight excluding hydrogens is 302 g/mol. The molecule has 0 radical (unpaired) electrons. The number of methoxy groups -OCH3 is 1. The molecule has 0 saturated carbocycles. The van der Waals surface area contributed by atoms with Gasteiger partial charge in [-0.3, -0.25) is 0 Å².